The molecule has 0 N–H and O–H groups in total. The van der Waals surface area contributed by atoms with Gasteiger partial charge in [-0.1, -0.05) is 23.3 Å². The molecule has 0 amide bonds. The molecule has 4 heteroatoms. The molecule has 2 heterocycles. The van der Waals surface area contributed by atoms with Crippen molar-refractivity contribution < 1.29 is 13.9 Å². The Balaban J connectivity index is 1.51. The molecule has 3 rings (SSSR count). The molecular weight excluding hydrogens is 448 g/mol. The van der Waals surface area contributed by atoms with Gasteiger partial charge in [-0.3, -0.25) is 0 Å². The lowest BCUT2D eigenvalue weighted by Crippen LogP contribution is -2.37. The lowest BCUT2D eigenvalue weighted by atomic mass is 9.85. The Morgan fingerprint density at radius 3 is 2.23 bits per heavy atom. The zero-order valence-corrected chi connectivity index (χ0v) is 25.3. The molecule has 1 aromatic carbocycles. The number of epoxide rings is 1. The van der Waals surface area contributed by atoms with E-state index < -0.39 is 9.04 Å². The average molecular weight is 499 g/mol. The molecule has 196 valence electrons. The van der Waals surface area contributed by atoms with E-state index in [1.807, 2.05) is 0 Å². The largest absolute Gasteiger partial charge is 0.547 e. The highest BCUT2D eigenvalue weighted by Crippen LogP contribution is 2.45. The topological polar surface area (TPSA) is 31.0 Å². The van der Waals surface area contributed by atoms with Crippen LogP contribution < -0.4 is 9.16 Å². The fourth-order valence-corrected chi connectivity index (χ4v) is 6.17. The van der Waals surface area contributed by atoms with Gasteiger partial charge in [-0.15, -0.1) is 0 Å². The lowest BCUT2D eigenvalue weighted by molar-refractivity contribution is 0.0559. The number of fused-ring (bicyclic) bond motifs is 1. The summed E-state index contributed by atoms with van der Waals surface area (Å²) in [7, 11) is -1.14. The van der Waals surface area contributed by atoms with Crippen molar-refractivity contribution in [2.24, 2.45) is 0 Å². The van der Waals surface area contributed by atoms with Crippen LogP contribution in [0.15, 0.2) is 23.3 Å². The molecular formula is C31H50O3Si. The minimum atomic E-state index is -1.14. The van der Waals surface area contributed by atoms with Crippen LogP contribution in [0.25, 0.3) is 0 Å². The third-order valence-corrected chi connectivity index (χ3v) is 8.79. The van der Waals surface area contributed by atoms with Gasteiger partial charge in [-0.2, -0.15) is 0 Å². The Morgan fingerprint density at radius 1 is 0.971 bits per heavy atom. The summed E-state index contributed by atoms with van der Waals surface area (Å²) in [5.41, 5.74) is 8.16. The van der Waals surface area contributed by atoms with Crippen molar-refractivity contribution in [3.05, 3.63) is 45.6 Å². The number of ether oxygens (including phenoxy) is 2. The zero-order valence-electron chi connectivity index (χ0n) is 24.2. The first-order valence-electron chi connectivity index (χ1n) is 13.8. The highest BCUT2D eigenvalue weighted by atomic mass is 28.3. The predicted octanol–water partition coefficient (Wildman–Crippen LogP) is 8.47. The highest BCUT2D eigenvalue weighted by Gasteiger charge is 2.46. The minimum Gasteiger partial charge on any atom is -0.547 e. The third kappa shape index (κ3) is 7.26. The van der Waals surface area contributed by atoms with Crippen LogP contribution >= 0.6 is 0 Å². The summed E-state index contributed by atoms with van der Waals surface area (Å²) in [5, 5.41) is 0. The van der Waals surface area contributed by atoms with E-state index in [9.17, 15) is 0 Å². The van der Waals surface area contributed by atoms with E-state index in [1.165, 1.54) is 33.4 Å². The monoisotopic (exact) mass is 498 g/mol. The fourth-order valence-electron chi connectivity index (χ4n) is 5.34. The second-order valence-electron chi connectivity index (χ2n) is 12.2. The number of benzene rings is 1. The van der Waals surface area contributed by atoms with Gasteiger partial charge in [0.2, 0.25) is 9.04 Å². The van der Waals surface area contributed by atoms with Crippen LogP contribution in [0.3, 0.4) is 0 Å². The number of allylic oxidation sites excluding steroid dienone is 4. The van der Waals surface area contributed by atoms with E-state index in [-0.39, 0.29) is 11.2 Å². The first-order chi connectivity index (χ1) is 16.3. The second-order valence-corrected chi connectivity index (χ2v) is 14.5. The van der Waals surface area contributed by atoms with Crippen molar-refractivity contribution >= 4 is 9.04 Å². The Hall–Kier alpha value is -1.52. The number of hydrogen-bond donors (Lipinski definition) is 0. The lowest BCUT2D eigenvalue weighted by Gasteiger charge is -2.38. The second kappa shape index (κ2) is 11.3. The summed E-state index contributed by atoms with van der Waals surface area (Å²) in [6, 6.07) is 0. The van der Waals surface area contributed by atoms with Crippen LogP contribution in [0.4, 0.5) is 0 Å². The van der Waals surface area contributed by atoms with Crippen LogP contribution in [0.2, 0.25) is 13.1 Å². The van der Waals surface area contributed by atoms with Crippen LogP contribution in [0.5, 0.6) is 11.5 Å². The van der Waals surface area contributed by atoms with Gasteiger partial charge >= 0.3 is 0 Å². The van der Waals surface area contributed by atoms with Crippen molar-refractivity contribution in [1.29, 1.82) is 0 Å². The molecule has 1 aromatic rings. The van der Waals surface area contributed by atoms with E-state index in [2.05, 4.69) is 80.6 Å². The maximum absolute atomic E-state index is 6.74. The third-order valence-electron chi connectivity index (χ3n) is 8.08. The van der Waals surface area contributed by atoms with Gasteiger partial charge in [0.15, 0.2) is 0 Å². The van der Waals surface area contributed by atoms with E-state index >= 15 is 0 Å². The van der Waals surface area contributed by atoms with Crippen molar-refractivity contribution in [2.45, 2.75) is 137 Å². The maximum atomic E-state index is 6.74. The van der Waals surface area contributed by atoms with Crippen LogP contribution in [-0.2, 0) is 11.2 Å². The summed E-state index contributed by atoms with van der Waals surface area (Å²) in [6.45, 7) is 22.3. The molecule has 0 spiro atoms. The SMILES string of the molecule is C/C(=C\CC[C@]1(C)CCc2c(C)c(O[SiH](C)C)c(C)c(C)c2O1)CC/C=C(\C)CCC1OC1(C)C. The van der Waals surface area contributed by atoms with Gasteiger partial charge < -0.3 is 13.9 Å². The normalized spacial score (nSPS) is 23.8. The molecule has 2 aliphatic heterocycles. The number of hydrogen-bond acceptors (Lipinski definition) is 3. The molecule has 1 unspecified atom stereocenters. The molecule has 0 saturated carbocycles. The summed E-state index contributed by atoms with van der Waals surface area (Å²) in [4.78, 5) is 0. The van der Waals surface area contributed by atoms with Gasteiger partial charge in [0, 0.05) is 5.56 Å². The van der Waals surface area contributed by atoms with Crippen molar-refractivity contribution in [3.63, 3.8) is 0 Å². The Kier molecular flexibility index (Phi) is 9.02. The fraction of sp³-hybridized carbons (Fsp3) is 0.677. The molecule has 2 atom stereocenters. The molecule has 1 fully saturated rings. The summed E-state index contributed by atoms with van der Waals surface area (Å²) in [5.74, 6) is 2.23. The molecule has 2 aliphatic rings. The van der Waals surface area contributed by atoms with Crippen molar-refractivity contribution in [1.82, 2.24) is 0 Å². The molecule has 0 aromatic heterocycles. The van der Waals surface area contributed by atoms with Crippen LogP contribution in [0.1, 0.15) is 102 Å². The molecule has 1 saturated heterocycles. The van der Waals surface area contributed by atoms with E-state index in [1.54, 1.807) is 0 Å². The van der Waals surface area contributed by atoms with E-state index in [0.717, 1.165) is 62.9 Å². The molecule has 0 aliphatic carbocycles. The molecule has 35 heavy (non-hydrogen) atoms. The highest BCUT2D eigenvalue weighted by molar-refractivity contribution is 6.49. The minimum absolute atomic E-state index is 0.0995. The Morgan fingerprint density at radius 2 is 1.60 bits per heavy atom. The first-order valence-corrected chi connectivity index (χ1v) is 16.6. The smallest absolute Gasteiger partial charge is 0.229 e. The quantitative estimate of drug-likeness (QED) is 0.174. The van der Waals surface area contributed by atoms with E-state index in [0.29, 0.717) is 6.10 Å². The molecule has 3 nitrogen and oxygen atoms in total. The van der Waals surface area contributed by atoms with Gasteiger partial charge in [0.05, 0.1) is 11.7 Å². The van der Waals surface area contributed by atoms with Crippen molar-refractivity contribution in [3.8, 4) is 11.5 Å². The van der Waals surface area contributed by atoms with Gasteiger partial charge in [0.25, 0.3) is 0 Å². The van der Waals surface area contributed by atoms with Gasteiger partial charge in [0.1, 0.15) is 17.1 Å². The van der Waals surface area contributed by atoms with E-state index in [4.69, 9.17) is 13.9 Å². The predicted molar refractivity (Wildman–Crippen MR) is 152 cm³/mol. The summed E-state index contributed by atoms with van der Waals surface area (Å²) < 4.78 is 18.8. The first kappa shape index (κ1) is 28.1. The Bertz CT molecular complexity index is 972. The Labute approximate surface area is 217 Å². The summed E-state index contributed by atoms with van der Waals surface area (Å²) in [6.07, 6.45) is 14.2. The maximum Gasteiger partial charge on any atom is 0.229 e. The molecule has 0 bridgehead atoms. The number of rotatable bonds is 11. The van der Waals surface area contributed by atoms with Gasteiger partial charge in [-0.25, -0.2) is 0 Å². The summed E-state index contributed by atoms with van der Waals surface area (Å²) >= 11 is 0. The average Bonchev–Trinajstić information content (AvgIpc) is 3.39. The van der Waals surface area contributed by atoms with Crippen molar-refractivity contribution in [2.75, 3.05) is 0 Å². The van der Waals surface area contributed by atoms with Gasteiger partial charge in [-0.05, 0) is 137 Å². The zero-order chi connectivity index (χ0) is 26.0. The molecule has 0 radical (unpaired) electrons. The standard InChI is InChI=1S/C31H50O3Si/c1-21(13-11-14-22(2)16-17-27-30(6,7)32-27)15-12-19-31(8)20-18-26-25(5)28(34-35(9)10)23(3)24(4)29(26)33-31/h14-15,27,35H,11-13,16-20H2,1-10H3/b21-15+,22-14+/t27?,31-/m1/s1. The van der Waals surface area contributed by atoms with Crippen LogP contribution in [-0.4, -0.2) is 26.3 Å². The van der Waals surface area contributed by atoms with Crippen LogP contribution in [0, 0.1) is 20.8 Å².